The number of urea groups is 1. The zero-order valence-electron chi connectivity index (χ0n) is 12.5. The Morgan fingerprint density at radius 1 is 1.04 bits per heavy atom. The number of carbonyl (C=O) groups is 3. The summed E-state index contributed by atoms with van der Waals surface area (Å²) in [5.74, 6) is -1.37. The van der Waals surface area contributed by atoms with Gasteiger partial charge in [-0.2, -0.15) is 0 Å². The zero-order valence-corrected chi connectivity index (χ0v) is 13.3. The predicted molar refractivity (Wildman–Crippen MR) is 85.4 cm³/mol. The van der Waals surface area contributed by atoms with Crippen molar-refractivity contribution in [2.24, 2.45) is 0 Å². The highest BCUT2D eigenvalue weighted by atomic mass is 35.5. The number of pyridine rings is 1. The van der Waals surface area contributed by atoms with Gasteiger partial charge in [-0.15, -0.1) is 0 Å². The van der Waals surface area contributed by atoms with Crippen molar-refractivity contribution in [3.8, 4) is 17.0 Å². The molecule has 0 saturated carbocycles. The predicted octanol–water partition coefficient (Wildman–Crippen LogP) is 1.91. The van der Waals surface area contributed by atoms with Crippen LogP contribution in [-0.2, 0) is 9.59 Å². The molecule has 1 aliphatic rings. The molecule has 0 unspecified atom stereocenters. The molecule has 0 bridgehead atoms. The molecule has 1 saturated heterocycles. The van der Waals surface area contributed by atoms with E-state index < -0.39 is 23.4 Å². The molecule has 1 aromatic heterocycles. The number of barbiturate groups is 1. The fraction of sp³-hybridized carbons (Fsp3) is 0.125. The maximum atomic E-state index is 11.9. The van der Waals surface area contributed by atoms with Crippen LogP contribution in [0.4, 0.5) is 4.79 Å². The van der Waals surface area contributed by atoms with Crippen LogP contribution in [0, 0.1) is 0 Å². The van der Waals surface area contributed by atoms with Crippen molar-refractivity contribution in [1.29, 1.82) is 0 Å². The Hall–Kier alpha value is -2.93. The minimum atomic E-state index is -1.84. The van der Waals surface area contributed by atoms with Crippen molar-refractivity contribution in [1.82, 2.24) is 15.6 Å². The van der Waals surface area contributed by atoms with E-state index in [4.69, 9.17) is 16.3 Å². The fourth-order valence-corrected chi connectivity index (χ4v) is 2.42. The Morgan fingerprint density at radius 3 is 2.25 bits per heavy atom. The van der Waals surface area contributed by atoms with Gasteiger partial charge in [0.2, 0.25) is 0 Å². The van der Waals surface area contributed by atoms with E-state index in [1.165, 1.54) is 6.92 Å². The first-order chi connectivity index (χ1) is 11.4. The number of nitrogens with zero attached hydrogens (tertiary/aromatic N) is 1. The van der Waals surface area contributed by atoms with Crippen LogP contribution in [0.5, 0.6) is 5.75 Å². The van der Waals surface area contributed by atoms with Crippen LogP contribution in [0.3, 0.4) is 0 Å². The molecular formula is C16H12ClN3O4. The summed E-state index contributed by atoms with van der Waals surface area (Å²) >= 11 is 6.10. The number of rotatable bonds is 3. The number of amides is 4. The van der Waals surface area contributed by atoms with Gasteiger partial charge in [0, 0.05) is 11.8 Å². The van der Waals surface area contributed by atoms with Gasteiger partial charge < -0.3 is 4.74 Å². The van der Waals surface area contributed by atoms with Crippen molar-refractivity contribution in [2.75, 3.05) is 0 Å². The number of halogens is 1. The molecule has 1 aliphatic heterocycles. The van der Waals surface area contributed by atoms with Crippen LogP contribution in [0.15, 0.2) is 42.6 Å². The number of nitrogens with one attached hydrogen (secondary N) is 2. The molecule has 0 atom stereocenters. The van der Waals surface area contributed by atoms with Gasteiger partial charge in [-0.3, -0.25) is 25.2 Å². The highest BCUT2D eigenvalue weighted by Crippen LogP contribution is 2.28. The number of hydrogen-bond acceptors (Lipinski definition) is 5. The van der Waals surface area contributed by atoms with E-state index in [1.54, 1.807) is 42.6 Å². The monoisotopic (exact) mass is 345 g/mol. The standard InChI is InChI=1S/C16H12ClN3O4/c1-16(13(21)19-15(23)20-14(16)22)24-10-6-4-9(5-7-10)12-11(17)3-2-8-18-12/h2-8H,1H3,(H2,19,20,21,22,23). The van der Waals surface area contributed by atoms with Crippen molar-refractivity contribution >= 4 is 29.4 Å². The van der Waals surface area contributed by atoms with Gasteiger partial charge in [0.05, 0.1) is 10.7 Å². The van der Waals surface area contributed by atoms with Gasteiger partial charge >= 0.3 is 6.03 Å². The molecule has 0 spiro atoms. The molecule has 7 nitrogen and oxygen atoms in total. The first-order valence-corrected chi connectivity index (χ1v) is 7.35. The Balaban J connectivity index is 1.84. The Morgan fingerprint density at radius 2 is 1.67 bits per heavy atom. The Labute approximate surface area is 142 Å². The minimum absolute atomic E-state index is 0.285. The van der Waals surface area contributed by atoms with Gasteiger partial charge in [-0.1, -0.05) is 11.6 Å². The van der Waals surface area contributed by atoms with Gasteiger partial charge in [0.1, 0.15) is 5.75 Å². The molecule has 4 amide bonds. The third-order valence-corrected chi connectivity index (χ3v) is 3.83. The zero-order chi connectivity index (χ0) is 17.3. The lowest BCUT2D eigenvalue weighted by molar-refractivity contribution is -0.149. The van der Waals surface area contributed by atoms with Gasteiger partial charge in [-0.25, -0.2) is 4.79 Å². The highest BCUT2D eigenvalue weighted by molar-refractivity contribution is 6.33. The van der Waals surface area contributed by atoms with Crippen LogP contribution < -0.4 is 15.4 Å². The lowest BCUT2D eigenvalue weighted by Crippen LogP contribution is -2.67. The first kappa shape index (κ1) is 15.9. The number of hydrogen-bond donors (Lipinski definition) is 2. The third-order valence-electron chi connectivity index (χ3n) is 3.53. The van der Waals surface area contributed by atoms with Crippen molar-refractivity contribution in [2.45, 2.75) is 12.5 Å². The molecule has 2 heterocycles. The molecule has 0 radical (unpaired) electrons. The molecular weight excluding hydrogens is 334 g/mol. The molecule has 1 fully saturated rings. The van der Waals surface area contributed by atoms with Crippen molar-refractivity contribution in [3.63, 3.8) is 0 Å². The van der Waals surface area contributed by atoms with Gasteiger partial charge in [-0.05, 0) is 43.3 Å². The number of benzene rings is 1. The maximum Gasteiger partial charge on any atom is 0.328 e. The second kappa shape index (κ2) is 5.93. The van der Waals surface area contributed by atoms with E-state index >= 15 is 0 Å². The summed E-state index contributed by atoms with van der Waals surface area (Å²) in [4.78, 5) is 39.2. The second-order valence-electron chi connectivity index (χ2n) is 5.23. The minimum Gasteiger partial charge on any atom is -0.468 e. The van der Waals surface area contributed by atoms with Gasteiger partial charge in [0.25, 0.3) is 17.4 Å². The van der Waals surface area contributed by atoms with Crippen LogP contribution >= 0.6 is 11.6 Å². The summed E-state index contributed by atoms with van der Waals surface area (Å²) in [6.45, 7) is 1.29. The molecule has 2 N–H and O–H groups in total. The summed E-state index contributed by atoms with van der Waals surface area (Å²) in [5.41, 5.74) is -0.473. The smallest absolute Gasteiger partial charge is 0.328 e. The van der Waals surface area contributed by atoms with Crippen LogP contribution in [0.2, 0.25) is 5.02 Å². The maximum absolute atomic E-state index is 11.9. The third kappa shape index (κ3) is 2.81. The topological polar surface area (TPSA) is 97.4 Å². The van der Waals surface area contributed by atoms with E-state index in [0.717, 1.165) is 5.56 Å². The average Bonchev–Trinajstić information content (AvgIpc) is 2.54. The molecule has 8 heteroatoms. The summed E-state index contributed by atoms with van der Waals surface area (Å²) < 4.78 is 5.51. The lowest BCUT2D eigenvalue weighted by Gasteiger charge is -2.30. The van der Waals surface area contributed by atoms with Crippen LogP contribution in [-0.4, -0.2) is 28.4 Å². The van der Waals surface area contributed by atoms with E-state index in [9.17, 15) is 14.4 Å². The van der Waals surface area contributed by atoms with Crippen molar-refractivity contribution in [3.05, 3.63) is 47.6 Å². The van der Waals surface area contributed by atoms with Crippen LogP contribution in [0.1, 0.15) is 6.92 Å². The molecule has 1 aromatic carbocycles. The highest BCUT2D eigenvalue weighted by Gasteiger charge is 2.48. The number of ether oxygens (including phenoxy) is 1. The Bertz CT molecular complexity index is 815. The summed E-state index contributed by atoms with van der Waals surface area (Å²) in [7, 11) is 0. The van der Waals surface area contributed by atoms with E-state index in [1.807, 2.05) is 10.6 Å². The summed E-state index contributed by atoms with van der Waals surface area (Å²) in [6, 6.07) is 9.17. The Kier molecular flexibility index (Phi) is 3.94. The molecule has 24 heavy (non-hydrogen) atoms. The molecule has 3 rings (SSSR count). The number of carbonyl (C=O) groups excluding carboxylic acids is 3. The molecule has 122 valence electrons. The molecule has 2 aromatic rings. The van der Waals surface area contributed by atoms with Crippen LogP contribution in [0.25, 0.3) is 11.3 Å². The lowest BCUT2D eigenvalue weighted by atomic mass is 10.0. The quantitative estimate of drug-likeness (QED) is 0.828. The SMILES string of the molecule is CC1(Oc2ccc(-c3ncccc3Cl)cc2)C(=O)NC(=O)NC1=O. The normalized spacial score (nSPS) is 16.3. The van der Waals surface area contributed by atoms with E-state index in [0.29, 0.717) is 10.7 Å². The van der Waals surface area contributed by atoms with Gasteiger partial charge in [0.15, 0.2) is 0 Å². The first-order valence-electron chi connectivity index (χ1n) is 6.97. The fourth-order valence-electron chi connectivity index (χ4n) is 2.19. The largest absolute Gasteiger partial charge is 0.468 e. The molecule has 0 aliphatic carbocycles. The second-order valence-corrected chi connectivity index (χ2v) is 5.64. The number of imide groups is 2. The average molecular weight is 346 g/mol. The summed E-state index contributed by atoms with van der Waals surface area (Å²) in [5, 5.41) is 4.51. The number of aromatic nitrogens is 1. The van der Waals surface area contributed by atoms with E-state index in [2.05, 4.69) is 4.98 Å². The summed E-state index contributed by atoms with van der Waals surface area (Å²) in [6.07, 6.45) is 1.63. The van der Waals surface area contributed by atoms with E-state index in [-0.39, 0.29) is 5.75 Å². The van der Waals surface area contributed by atoms with Crippen molar-refractivity contribution < 1.29 is 19.1 Å².